The summed E-state index contributed by atoms with van der Waals surface area (Å²) in [5.41, 5.74) is 0. The van der Waals surface area contributed by atoms with Crippen molar-refractivity contribution in [1.29, 1.82) is 0 Å². The molecule has 0 spiro atoms. The molecule has 0 aromatic heterocycles. The minimum absolute atomic E-state index is 0.0192. The Bertz CT molecular complexity index is 294. The lowest BCUT2D eigenvalue weighted by Crippen LogP contribution is -2.47. The first kappa shape index (κ1) is 18.8. The normalized spacial score (nSPS) is 17.9. The molecule has 0 aliphatic carbocycles. The zero-order valence-electron chi connectivity index (χ0n) is 13.9. The maximum atomic E-state index is 12.3. The number of carbonyl (C=O) groups is 1. The van der Waals surface area contributed by atoms with Crippen LogP contribution in [0.2, 0.25) is 18.1 Å². The maximum absolute atomic E-state index is 12.3. The second-order valence-electron chi connectivity index (χ2n) is 7.07. The third kappa shape index (κ3) is 5.36. The second kappa shape index (κ2) is 7.00. The molecule has 0 fully saturated rings. The summed E-state index contributed by atoms with van der Waals surface area (Å²) in [5, 5.41) is 10.0. The van der Waals surface area contributed by atoms with Gasteiger partial charge in [-0.3, -0.25) is 4.79 Å². The van der Waals surface area contributed by atoms with Gasteiger partial charge in [-0.15, -0.1) is 0 Å². The molecule has 3 atom stereocenters. The van der Waals surface area contributed by atoms with E-state index >= 15 is 0 Å². The Balaban J connectivity index is 4.67. The Morgan fingerprint density at radius 3 is 2.11 bits per heavy atom. The number of ketones is 1. The highest BCUT2D eigenvalue weighted by atomic mass is 28.4. The third-order valence-corrected chi connectivity index (χ3v) is 8.84. The summed E-state index contributed by atoms with van der Waals surface area (Å²) in [4.78, 5) is 12.3. The highest BCUT2D eigenvalue weighted by molar-refractivity contribution is 6.74. The van der Waals surface area contributed by atoms with Crippen LogP contribution in [0, 0.1) is 5.92 Å². The molecule has 4 heteroatoms. The zero-order chi connectivity index (χ0) is 15.4. The summed E-state index contributed by atoms with van der Waals surface area (Å²) in [6.07, 6.45) is 0.570. The van der Waals surface area contributed by atoms with Gasteiger partial charge in [0.15, 0.2) is 14.1 Å². The molecule has 0 radical (unpaired) electrons. The fraction of sp³-hybridized carbons (Fsp3) is 0.933. The molecule has 0 aliphatic rings. The molecule has 0 heterocycles. The number of Topliss-reactive ketones (excluding diaryl/α,β-unsaturated/α-hetero) is 1. The number of hydrogen-bond donors (Lipinski definition) is 1. The van der Waals surface area contributed by atoms with Crippen LogP contribution in [0.25, 0.3) is 0 Å². The van der Waals surface area contributed by atoms with Crippen molar-refractivity contribution in [2.45, 2.75) is 84.7 Å². The zero-order valence-corrected chi connectivity index (χ0v) is 14.9. The first-order valence-electron chi connectivity index (χ1n) is 7.33. The predicted octanol–water partition coefficient (Wildman–Crippen LogP) is 3.76. The SMILES string of the molecule is CCC[C@H](O)[C@@H](C)C(=O)[C@H](C)O[Si](C)(C)C(C)(C)C. The van der Waals surface area contributed by atoms with Gasteiger partial charge in [-0.05, 0) is 31.5 Å². The molecule has 0 saturated heterocycles. The average Bonchev–Trinajstić information content (AvgIpc) is 2.25. The topological polar surface area (TPSA) is 46.5 Å². The van der Waals surface area contributed by atoms with Crippen molar-refractivity contribution in [2.75, 3.05) is 0 Å². The van der Waals surface area contributed by atoms with E-state index in [2.05, 4.69) is 33.9 Å². The van der Waals surface area contributed by atoms with Gasteiger partial charge in [0.2, 0.25) is 0 Å². The van der Waals surface area contributed by atoms with E-state index in [9.17, 15) is 9.90 Å². The van der Waals surface area contributed by atoms with Crippen molar-refractivity contribution in [3.05, 3.63) is 0 Å². The van der Waals surface area contributed by atoms with Gasteiger partial charge >= 0.3 is 0 Å². The maximum Gasteiger partial charge on any atom is 0.193 e. The highest BCUT2D eigenvalue weighted by Crippen LogP contribution is 2.37. The Kier molecular flexibility index (Phi) is 6.93. The van der Waals surface area contributed by atoms with Crippen molar-refractivity contribution < 1.29 is 14.3 Å². The molecule has 3 nitrogen and oxygen atoms in total. The number of hydrogen-bond acceptors (Lipinski definition) is 3. The standard InChI is InChI=1S/C15H32O3Si/c1-9-10-13(16)11(2)14(17)12(3)18-19(7,8)15(4,5)6/h11-13,16H,9-10H2,1-8H3/t11-,12+,13+/m1/s1. The molecule has 19 heavy (non-hydrogen) atoms. The van der Waals surface area contributed by atoms with Crippen molar-refractivity contribution >= 4 is 14.1 Å². The minimum atomic E-state index is -1.93. The van der Waals surface area contributed by atoms with Gasteiger partial charge in [-0.25, -0.2) is 0 Å². The number of aliphatic hydroxyl groups excluding tert-OH is 1. The van der Waals surface area contributed by atoms with Gasteiger partial charge < -0.3 is 9.53 Å². The van der Waals surface area contributed by atoms with Crippen molar-refractivity contribution in [3.8, 4) is 0 Å². The lowest BCUT2D eigenvalue weighted by Gasteiger charge is -2.38. The smallest absolute Gasteiger partial charge is 0.193 e. The summed E-state index contributed by atoms with van der Waals surface area (Å²) >= 11 is 0. The molecular formula is C15H32O3Si. The first-order chi connectivity index (χ1) is 8.44. The van der Waals surface area contributed by atoms with E-state index in [1.807, 2.05) is 13.8 Å². The minimum Gasteiger partial charge on any atom is -0.407 e. The van der Waals surface area contributed by atoms with Crippen LogP contribution in [0.4, 0.5) is 0 Å². The molecule has 0 aromatic carbocycles. The molecule has 0 bridgehead atoms. The lowest BCUT2D eigenvalue weighted by atomic mass is 9.94. The average molecular weight is 289 g/mol. The highest BCUT2D eigenvalue weighted by Gasteiger charge is 2.40. The Hall–Kier alpha value is -0.193. The summed E-state index contributed by atoms with van der Waals surface area (Å²) < 4.78 is 6.09. The van der Waals surface area contributed by atoms with Gasteiger partial charge in [0, 0.05) is 5.92 Å². The van der Waals surface area contributed by atoms with Crippen molar-refractivity contribution in [3.63, 3.8) is 0 Å². The van der Waals surface area contributed by atoms with Crippen molar-refractivity contribution in [1.82, 2.24) is 0 Å². The van der Waals surface area contributed by atoms with Crippen LogP contribution >= 0.6 is 0 Å². The van der Waals surface area contributed by atoms with E-state index in [-0.39, 0.29) is 16.7 Å². The quantitative estimate of drug-likeness (QED) is 0.726. The van der Waals surface area contributed by atoms with Gasteiger partial charge in [-0.2, -0.15) is 0 Å². The van der Waals surface area contributed by atoms with E-state index in [1.165, 1.54) is 0 Å². The molecule has 1 N–H and O–H groups in total. The van der Waals surface area contributed by atoms with Gasteiger partial charge in [0.25, 0.3) is 0 Å². The summed E-state index contributed by atoms with van der Waals surface area (Å²) in [6.45, 7) is 16.4. The molecular weight excluding hydrogens is 256 g/mol. The van der Waals surface area contributed by atoms with Crippen LogP contribution < -0.4 is 0 Å². The molecule has 0 unspecified atom stereocenters. The predicted molar refractivity (Wildman–Crippen MR) is 82.8 cm³/mol. The fourth-order valence-electron chi connectivity index (χ4n) is 1.78. The largest absolute Gasteiger partial charge is 0.407 e. The summed E-state index contributed by atoms with van der Waals surface area (Å²) in [5.74, 6) is -0.328. The molecule has 114 valence electrons. The Morgan fingerprint density at radius 1 is 1.26 bits per heavy atom. The first-order valence-corrected chi connectivity index (χ1v) is 10.2. The van der Waals surface area contributed by atoms with Gasteiger partial charge in [-0.1, -0.05) is 41.0 Å². The van der Waals surface area contributed by atoms with Crippen LogP contribution in [0.3, 0.4) is 0 Å². The van der Waals surface area contributed by atoms with Crippen LogP contribution in [-0.4, -0.2) is 31.4 Å². The molecule has 0 aromatic rings. The van der Waals surface area contributed by atoms with E-state index in [0.29, 0.717) is 6.42 Å². The molecule has 0 rings (SSSR count). The van der Waals surface area contributed by atoms with Crippen LogP contribution in [0.5, 0.6) is 0 Å². The Labute approximate surface area is 119 Å². The van der Waals surface area contributed by atoms with Crippen LogP contribution in [0.15, 0.2) is 0 Å². The Morgan fingerprint density at radius 2 is 1.74 bits per heavy atom. The summed E-state index contributed by atoms with van der Waals surface area (Å²) in [7, 11) is -1.93. The van der Waals surface area contributed by atoms with Crippen molar-refractivity contribution in [2.24, 2.45) is 5.92 Å². The van der Waals surface area contributed by atoms with E-state index in [4.69, 9.17) is 4.43 Å². The van der Waals surface area contributed by atoms with E-state index in [1.54, 1.807) is 6.92 Å². The molecule has 0 aliphatic heterocycles. The van der Waals surface area contributed by atoms with Gasteiger partial charge in [0.05, 0.1) is 6.10 Å². The van der Waals surface area contributed by atoms with E-state index in [0.717, 1.165) is 6.42 Å². The number of aliphatic hydroxyl groups is 1. The third-order valence-electron chi connectivity index (χ3n) is 4.29. The van der Waals surface area contributed by atoms with E-state index < -0.39 is 20.5 Å². The number of rotatable bonds is 7. The van der Waals surface area contributed by atoms with Crippen LogP contribution in [-0.2, 0) is 9.22 Å². The second-order valence-corrected chi connectivity index (χ2v) is 11.8. The summed E-state index contributed by atoms with van der Waals surface area (Å²) in [6, 6.07) is 0. The molecule has 0 amide bonds. The van der Waals surface area contributed by atoms with Crippen LogP contribution in [0.1, 0.15) is 54.4 Å². The lowest BCUT2D eigenvalue weighted by molar-refractivity contribution is -0.132. The molecule has 0 saturated carbocycles. The van der Waals surface area contributed by atoms with Gasteiger partial charge in [0.1, 0.15) is 6.10 Å². The fourth-order valence-corrected chi connectivity index (χ4v) is 3.14. The number of carbonyl (C=O) groups excluding carboxylic acids is 1. The monoisotopic (exact) mass is 288 g/mol.